The molecule has 1 unspecified atom stereocenters. The summed E-state index contributed by atoms with van der Waals surface area (Å²) in [6, 6.07) is 8.31. The molecule has 0 saturated carbocycles. The molecule has 0 aliphatic carbocycles. The molecule has 126 valence electrons. The third-order valence-electron chi connectivity index (χ3n) is 4.99. The first-order valence-electron chi connectivity index (χ1n) is 8.47. The van der Waals surface area contributed by atoms with Gasteiger partial charge in [0, 0.05) is 31.7 Å². The maximum absolute atomic E-state index is 13.8. The summed E-state index contributed by atoms with van der Waals surface area (Å²) < 4.78 is 19.0. The Kier molecular flexibility index (Phi) is 4.06. The summed E-state index contributed by atoms with van der Waals surface area (Å²) in [5.74, 6) is -0.234. The Morgan fingerprint density at radius 1 is 1.21 bits per heavy atom. The number of halogens is 1. The molecule has 0 radical (unpaired) electrons. The Bertz CT molecular complexity index is 745. The fourth-order valence-electron chi connectivity index (χ4n) is 3.67. The van der Waals surface area contributed by atoms with E-state index in [9.17, 15) is 9.18 Å². The second-order valence-electron chi connectivity index (χ2n) is 6.49. The summed E-state index contributed by atoms with van der Waals surface area (Å²) in [4.78, 5) is 17.0. The number of benzene rings is 1. The van der Waals surface area contributed by atoms with Crippen molar-refractivity contribution in [3.63, 3.8) is 0 Å². The third kappa shape index (κ3) is 2.82. The van der Waals surface area contributed by atoms with Gasteiger partial charge >= 0.3 is 0 Å². The van der Waals surface area contributed by atoms with Gasteiger partial charge in [0.05, 0.1) is 5.56 Å². The van der Waals surface area contributed by atoms with Crippen molar-refractivity contribution in [2.24, 2.45) is 0 Å². The molecule has 2 fully saturated rings. The number of amides is 1. The van der Waals surface area contributed by atoms with Gasteiger partial charge in [0.1, 0.15) is 5.82 Å². The maximum Gasteiger partial charge on any atom is 0.276 e. The van der Waals surface area contributed by atoms with Gasteiger partial charge in [0.15, 0.2) is 11.5 Å². The number of piperazine rings is 1. The molecule has 0 bridgehead atoms. The second kappa shape index (κ2) is 6.36. The highest BCUT2D eigenvalue weighted by Crippen LogP contribution is 2.25. The van der Waals surface area contributed by atoms with Crippen LogP contribution < -0.4 is 0 Å². The van der Waals surface area contributed by atoms with Gasteiger partial charge in [-0.2, -0.15) is 0 Å². The van der Waals surface area contributed by atoms with E-state index in [4.69, 9.17) is 4.52 Å². The minimum absolute atomic E-state index is 0.133. The Labute approximate surface area is 140 Å². The average Bonchev–Trinajstić information content (AvgIpc) is 3.11. The highest BCUT2D eigenvalue weighted by molar-refractivity contribution is 5.93. The molecule has 6 heteroatoms. The van der Waals surface area contributed by atoms with E-state index in [1.54, 1.807) is 18.2 Å². The van der Waals surface area contributed by atoms with Crippen molar-refractivity contribution >= 4 is 5.91 Å². The lowest BCUT2D eigenvalue weighted by Gasteiger charge is -2.43. The molecule has 0 spiro atoms. The first kappa shape index (κ1) is 15.3. The molecule has 3 heterocycles. The van der Waals surface area contributed by atoms with E-state index < -0.39 is 0 Å². The van der Waals surface area contributed by atoms with Gasteiger partial charge in [0.2, 0.25) is 0 Å². The lowest BCUT2D eigenvalue weighted by Crippen LogP contribution is -2.56. The van der Waals surface area contributed by atoms with Crippen LogP contribution in [0.25, 0.3) is 11.3 Å². The van der Waals surface area contributed by atoms with Crippen molar-refractivity contribution < 1.29 is 13.7 Å². The van der Waals surface area contributed by atoms with Crippen molar-refractivity contribution in [1.82, 2.24) is 15.0 Å². The molecule has 1 atom stereocenters. The van der Waals surface area contributed by atoms with Gasteiger partial charge in [-0.1, -0.05) is 23.7 Å². The van der Waals surface area contributed by atoms with Crippen LogP contribution in [-0.2, 0) is 0 Å². The number of carbonyl (C=O) groups is 1. The zero-order valence-corrected chi connectivity index (χ0v) is 13.4. The minimum atomic E-state index is -0.386. The number of nitrogens with zero attached hydrogens (tertiary/aromatic N) is 3. The van der Waals surface area contributed by atoms with Crippen LogP contribution in [0.3, 0.4) is 0 Å². The lowest BCUT2D eigenvalue weighted by atomic mass is 9.99. The lowest BCUT2D eigenvalue weighted by molar-refractivity contribution is 0.0365. The summed E-state index contributed by atoms with van der Waals surface area (Å²) >= 11 is 0. The molecule has 2 aliphatic heterocycles. The number of carbonyl (C=O) groups excluding carboxylic acids is 1. The molecule has 4 rings (SSSR count). The molecular formula is C18H20FN3O2. The Morgan fingerprint density at radius 2 is 2.08 bits per heavy atom. The van der Waals surface area contributed by atoms with Crippen LogP contribution in [0.1, 0.15) is 29.8 Å². The molecule has 1 aromatic carbocycles. The second-order valence-corrected chi connectivity index (χ2v) is 6.49. The van der Waals surface area contributed by atoms with Gasteiger partial charge in [-0.25, -0.2) is 4.39 Å². The van der Waals surface area contributed by atoms with E-state index in [0.717, 1.165) is 26.1 Å². The zero-order valence-electron chi connectivity index (χ0n) is 13.4. The van der Waals surface area contributed by atoms with E-state index in [0.29, 0.717) is 18.2 Å². The van der Waals surface area contributed by atoms with Crippen LogP contribution in [0.2, 0.25) is 0 Å². The Morgan fingerprint density at radius 3 is 2.96 bits per heavy atom. The van der Waals surface area contributed by atoms with Crippen LogP contribution in [-0.4, -0.2) is 53.1 Å². The molecule has 5 nitrogen and oxygen atoms in total. The van der Waals surface area contributed by atoms with E-state index in [1.165, 1.54) is 25.0 Å². The predicted molar refractivity (Wildman–Crippen MR) is 87.0 cm³/mol. The highest BCUT2D eigenvalue weighted by Gasteiger charge is 2.32. The summed E-state index contributed by atoms with van der Waals surface area (Å²) in [5.41, 5.74) is 0.568. The van der Waals surface area contributed by atoms with Crippen LogP contribution in [0, 0.1) is 5.82 Å². The van der Waals surface area contributed by atoms with Crippen LogP contribution in [0.15, 0.2) is 34.9 Å². The summed E-state index contributed by atoms with van der Waals surface area (Å²) in [6.07, 6.45) is 3.62. The largest absolute Gasteiger partial charge is 0.355 e. The number of piperidine rings is 1. The maximum atomic E-state index is 13.8. The molecule has 1 aromatic heterocycles. The summed E-state index contributed by atoms with van der Waals surface area (Å²) in [7, 11) is 0. The Hall–Kier alpha value is -2.21. The van der Waals surface area contributed by atoms with Crippen molar-refractivity contribution in [3.05, 3.63) is 41.8 Å². The van der Waals surface area contributed by atoms with Gasteiger partial charge < -0.3 is 9.42 Å². The van der Waals surface area contributed by atoms with Crippen molar-refractivity contribution in [3.8, 4) is 11.3 Å². The van der Waals surface area contributed by atoms with Crippen molar-refractivity contribution in [2.45, 2.75) is 25.3 Å². The van der Waals surface area contributed by atoms with E-state index in [-0.39, 0.29) is 23.2 Å². The molecule has 2 aromatic rings. The van der Waals surface area contributed by atoms with E-state index in [2.05, 4.69) is 10.1 Å². The first-order chi connectivity index (χ1) is 11.7. The van der Waals surface area contributed by atoms with Crippen molar-refractivity contribution in [1.29, 1.82) is 0 Å². The number of fused-ring (bicyclic) bond motifs is 1. The van der Waals surface area contributed by atoms with Crippen LogP contribution >= 0.6 is 0 Å². The monoisotopic (exact) mass is 329 g/mol. The Balaban J connectivity index is 1.50. The predicted octanol–water partition coefficient (Wildman–Crippen LogP) is 2.79. The van der Waals surface area contributed by atoms with Gasteiger partial charge in [-0.3, -0.25) is 9.69 Å². The van der Waals surface area contributed by atoms with E-state index in [1.807, 2.05) is 4.90 Å². The average molecular weight is 329 g/mol. The molecule has 0 N–H and O–H groups in total. The number of hydrogen-bond acceptors (Lipinski definition) is 4. The van der Waals surface area contributed by atoms with Gasteiger partial charge in [-0.15, -0.1) is 0 Å². The SMILES string of the molecule is O=C(c1cc(-c2ccccc2F)on1)N1CCN2CCCCC2C1. The number of hydrogen-bond donors (Lipinski definition) is 0. The van der Waals surface area contributed by atoms with E-state index >= 15 is 0 Å². The van der Waals surface area contributed by atoms with Gasteiger partial charge in [0.25, 0.3) is 5.91 Å². The topological polar surface area (TPSA) is 49.6 Å². The minimum Gasteiger partial charge on any atom is -0.355 e. The molecular weight excluding hydrogens is 309 g/mol. The number of rotatable bonds is 2. The first-order valence-corrected chi connectivity index (χ1v) is 8.47. The van der Waals surface area contributed by atoms with Crippen LogP contribution in [0.5, 0.6) is 0 Å². The fourth-order valence-corrected chi connectivity index (χ4v) is 3.67. The molecule has 24 heavy (non-hydrogen) atoms. The molecule has 2 saturated heterocycles. The number of aromatic nitrogens is 1. The zero-order chi connectivity index (χ0) is 16.5. The normalized spacial score (nSPS) is 21.5. The fraction of sp³-hybridized carbons (Fsp3) is 0.444. The van der Waals surface area contributed by atoms with Crippen molar-refractivity contribution in [2.75, 3.05) is 26.2 Å². The standard InChI is InChI=1S/C18H20FN3O2/c19-15-7-2-1-6-14(15)17-11-16(20-24-17)18(23)22-10-9-21-8-4-3-5-13(21)12-22/h1-2,6-7,11,13H,3-5,8-10,12H2. The molecule has 1 amide bonds. The molecule has 2 aliphatic rings. The summed E-state index contributed by atoms with van der Waals surface area (Å²) in [6.45, 7) is 3.49. The smallest absolute Gasteiger partial charge is 0.276 e. The van der Waals surface area contributed by atoms with Gasteiger partial charge in [-0.05, 0) is 31.5 Å². The third-order valence-corrected chi connectivity index (χ3v) is 4.99. The van der Waals surface area contributed by atoms with Crippen LogP contribution in [0.4, 0.5) is 4.39 Å². The highest BCUT2D eigenvalue weighted by atomic mass is 19.1. The quantitative estimate of drug-likeness (QED) is 0.850. The summed E-state index contributed by atoms with van der Waals surface area (Å²) in [5, 5.41) is 3.87.